The van der Waals surface area contributed by atoms with Gasteiger partial charge in [0.15, 0.2) is 0 Å². The fourth-order valence-corrected chi connectivity index (χ4v) is 1.47. The molecule has 0 aliphatic rings. The number of aliphatic hydroxyl groups is 1. The van der Waals surface area contributed by atoms with Crippen LogP contribution in [0.1, 0.15) is 6.92 Å². The van der Waals surface area contributed by atoms with E-state index in [1.54, 1.807) is 29.6 Å². The quantitative estimate of drug-likeness (QED) is 0.688. The Morgan fingerprint density at radius 1 is 1.82 bits per heavy atom. The largest absolute Gasteiger partial charge is 0.393 e. The van der Waals surface area contributed by atoms with Gasteiger partial charge in [-0.3, -0.25) is 4.68 Å². The van der Waals surface area contributed by atoms with E-state index in [0.29, 0.717) is 0 Å². The van der Waals surface area contributed by atoms with Crippen LogP contribution < -0.4 is 0 Å². The topological polar surface area (TPSA) is 38.1 Å². The van der Waals surface area contributed by atoms with Crippen molar-refractivity contribution in [3.8, 4) is 0 Å². The zero-order valence-electron chi connectivity index (χ0n) is 6.69. The van der Waals surface area contributed by atoms with E-state index in [1.165, 1.54) is 0 Å². The lowest BCUT2D eigenvalue weighted by molar-refractivity contribution is 0.220. The van der Waals surface area contributed by atoms with E-state index < -0.39 is 0 Å². The van der Waals surface area contributed by atoms with Crippen molar-refractivity contribution < 1.29 is 5.11 Å². The lowest BCUT2D eigenvalue weighted by Crippen LogP contribution is -2.01. The summed E-state index contributed by atoms with van der Waals surface area (Å²) in [7, 11) is 1.88. The second-order valence-corrected chi connectivity index (χ2v) is 3.60. The number of rotatable bonds is 3. The molecule has 0 aromatic carbocycles. The molecule has 0 amide bonds. The Kier molecular flexibility index (Phi) is 2.96. The molecule has 4 heteroatoms. The molecule has 0 bridgehead atoms. The maximum absolute atomic E-state index is 8.97. The van der Waals surface area contributed by atoms with Gasteiger partial charge in [-0.1, -0.05) is 0 Å². The van der Waals surface area contributed by atoms with Crippen LogP contribution in [0.25, 0.3) is 0 Å². The molecule has 1 rings (SSSR count). The van der Waals surface area contributed by atoms with Crippen LogP contribution in [0.5, 0.6) is 0 Å². The van der Waals surface area contributed by atoms with Crippen LogP contribution in [0.3, 0.4) is 0 Å². The number of aromatic nitrogens is 2. The lowest BCUT2D eigenvalue weighted by Gasteiger charge is -1.99. The van der Waals surface area contributed by atoms with Crippen molar-refractivity contribution in [2.45, 2.75) is 17.9 Å². The molecule has 1 aromatic heterocycles. The molecule has 0 saturated heterocycles. The summed E-state index contributed by atoms with van der Waals surface area (Å²) < 4.78 is 1.75. The fraction of sp³-hybridized carbons (Fsp3) is 0.571. The molecule has 0 aliphatic heterocycles. The summed E-state index contributed by atoms with van der Waals surface area (Å²) in [6.07, 6.45) is 3.49. The van der Waals surface area contributed by atoms with Gasteiger partial charge in [0.25, 0.3) is 0 Å². The normalized spacial score (nSPS) is 13.4. The van der Waals surface area contributed by atoms with Crippen molar-refractivity contribution in [2.24, 2.45) is 7.05 Å². The average molecular weight is 172 g/mol. The summed E-state index contributed by atoms with van der Waals surface area (Å²) in [6.45, 7) is 1.78. The first-order valence-corrected chi connectivity index (χ1v) is 4.46. The summed E-state index contributed by atoms with van der Waals surface area (Å²) in [6, 6.07) is 0. The molecule has 0 fully saturated rings. The van der Waals surface area contributed by atoms with E-state index in [0.717, 1.165) is 10.6 Å². The van der Waals surface area contributed by atoms with Gasteiger partial charge in [-0.2, -0.15) is 5.10 Å². The molecular formula is C7H12N2OS. The highest BCUT2D eigenvalue weighted by Crippen LogP contribution is 2.16. The average Bonchev–Trinajstić information content (AvgIpc) is 2.31. The monoisotopic (exact) mass is 172 g/mol. The van der Waals surface area contributed by atoms with Crippen LogP contribution in [0, 0.1) is 0 Å². The highest BCUT2D eigenvalue weighted by molar-refractivity contribution is 7.99. The summed E-state index contributed by atoms with van der Waals surface area (Å²) in [5.41, 5.74) is 0. The number of nitrogens with zero attached hydrogens (tertiary/aromatic N) is 2. The van der Waals surface area contributed by atoms with Crippen molar-refractivity contribution in [3.63, 3.8) is 0 Å². The fourth-order valence-electron chi connectivity index (χ4n) is 0.690. The van der Waals surface area contributed by atoms with Crippen LogP contribution in [0.2, 0.25) is 0 Å². The van der Waals surface area contributed by atoms with Gasteiger partial charge >= 0.3 is 0 Å². The van der Waals surface area contributed by atoms with Crippen molar-refractivity contribution >= 4 is 11.8 Å². The van der Waals surface area contributed by atoms with Crippen LogP contribution in [0.15, 0.2) is 17.3 Å². The van der Waals surface area contributed by atoms with E-state index in [1.807, 2.05) is 13.2 Å². The van der Waals surface area contributed by atoms with E-state index >= 15 is 0 Å². The summed E-state index contributed by atoms with van der Waals surface area (Å²) >= 11 is 1.62. The molecule has 1 N–H and O–H groups in total. The van der Waals surface area contributed by atoms with Gasteiger partial charge in [-0.05, 0) is 6.92 Å². The van der Waals surface area contributed by atoms with E-state index in [2.05, 4.69) is 5.10 Å². The molecule has 0 unspecified atom stereocenters. The zero-order chi connectivity index (χ0) is 8.27. The summed E-state index contributed by atoms with van der Waals surface area (Å²) in [5, 5.41) is 13.0. The standard InChI is InChI=1S/C7H12N2OS/c1-6(10)5-11-7-3-8-9(2)4-7/h3-4,6,10H,5H2,1-2H3/t6-/m1/s1. The first kappa shape index (κ1) is 8.62. The second kappa shape index (κ2) is 3.78. The maximum atomic E-state index is 8.97. The number of hydrogen-bond donors (Lipinski definition) is 1. The molecule has 1 heterocycles. The minimum absolute atomic E-state index is 0.250. The van der Waals surface area contributed by atoms with Gasteiger partial charge in [0, 0.05) is 23.9 Å². The Labute approximate surface area is 70.4 Å². The van der Waals surface area contributed by atoms with Gasteiger partial charge in [-0.15, -0.1) is 11.8 Å². The first-order chi connectivity index (χ1) is 5.18. The molecule has 1 atom stereocenters. The number of aliphatic hydroxyl groups excluding tert-OH is 1. The Balaban J connectivity index is 2.39. The van der Waals surface area contributed by atoms with Crippen molar-refractivity contribution in [3.05, 3.63) is 12.4 Å². The van der Waals surface area contributed by atoms with Gasteiger partial charge < -0.3 is 5.11 Å². The smallest absolute Gasteiger partial charge is 0.0625 e. The zero-order valence-corrected chi connectivity index (χ0v) is 7.51. The number of aryl methyl sites for hydroxylation is 1. The summed E-state index contributed by atoms with van der Waals surface area (Å²) in [5.74, 6) is 0.728. The SMILES string of the molecule is C[C@@H](O)CSc1cnn(C)c1. The highest BCUT2D eigenvalue weighted by atomic mass is 32.2. The van der Waals surface area contributed by atoms with Crippen molar-refractivity contribution in [2.75, 3.05) is 5.75 Å². The van der Waals surface area contributed by atoms with Gasteiger partial charge in [0.2, 0.25) is 0 Å². The molecule has 1 aromatic rings. The third kappa shape index (κ3) is 2.95. The number of thioether (sulfide) groups is 1. The van der Waals surface area contributed by atoms with Crippen LogP contribution in [0.4, 0.5) is 0 Å². The minimum Gasteiger partial charge on any atom is -0.393 e. The third-order valence-electron chi connectivity index (χ3n) is 1.17. The molecule has 0 spiro atoms. The Bertz CT molecular complexity index is 222. The maximum Gasteiger partial charge on any atom is 0.0625 e. The third-order valence-corrected chi connectivity index (χ3v) is 2.37. The molecule has 0 radical (unpaired) electrons. The number of hydrogen-bond acceptors (Lipinski definition) is 3. The highest BCUT2D eigenvalue weighted by Gasteiger charge is 1.99. The second-order valence-electron chi connectivity index (χ2n) is 2.51. The van der Waals surface area contributed by atoms with Crippen LogP contribution >= 0.6 is 11.8 Å². The summed E-state index contributed by atoms with van der Waals surface area (Å²) in [4.78, 5) is 1.11. The molecular weight excluding hydrogens is 160 g/mol. The molecule has 11 heavy (non-hydrogen) atoms. The van der Waals surface area contributed by atoms with Crippen LogP contribution in [-0.2, 0) is 7.05 Å². The predicted octanol–water partition coefficient (Wildman–Crippen LogP) is 0.893. The van der Waals surface area contributed by atoms with E-state index in [4.69, 9.17) is 5.11 Å². The Morgan fingerprint density at radius 2 is 2.55 bits per heavy atom. The van der Waals surface area contributed by atoms with E-state index in [9.17, 15) is 0 Å². The molecule has 0 saturated carbocycles. The Morgan fingerprint density at radius 3 is 3.00 bits per heavy atom. The van der Waals surface area contributed by atoms with Crippen molar-refractivity contribution in [1.82, 2.24) is 9.78 Å². The molecule has 62 valence electrons. The molecule has 3 nitrogen and oxygen atoms in total. The predicted molar refractivity (Wildman–Crippen MR) is 45.6 cm³/mol. The molecule has 0 aliphatic carbocycles. The van der Waals surface area contributed by atoms with E-state index in [-0.39, 0.29) is 6.10 Å². The van der Waals surface area contributed by atoms with Crippen molar-refractivity contribution in [1.29, 1.82) is 0 Å². The minimum atomic E-state index is -0.250. The first-order valence-electron chi connectivity index (χ1n) is 3.48. The van der Waals surface area contributed by atoms with Crippen LogP contribution in [-0.4, -0.2) is 26.7 Å². The van der Waals surface area contributed by atoms with Gasteiger partial charge in [0.1, 0.15) is 0 Å². The lowest BCUT2D eigenvalue weighted by atomic mass is 10.5. The van der Waals surface area contributed by atoms with Gasteiger partial charge in [0.05, 0.1) is 12.3 Å². The van der Waals surface area contributed by atoms with Gasteiger partial charge in [-0.25, -0.2) is 0 Å². The Hall–Kier alpha value is -0.480.